The van der Waals surface area contributed by atoms with E-state index in [2.05, 4.69) is 46.4 Å². The predicted octanol–water partition coefficient (Wildman–Crippen LogP) is 5.80. The van der Waals surface area contributed by atoms with Crippen LogP contribution in [0.1, 0.15) is 20.8 Å². The van der Waals surface area contributed by atoms with Crippen LogP contribution in [-0.2, 0) is 0 Å². The lowest BCUT2D eigenvalue weighted by Crippen LogP contribution is -2.27. The molecule has 2 heterocycles. The van der Waals surface area contributed by atoms with Crippen LogP contribution in [0.25, 0.3) is 11.3 Å². The van der Waals surface area contributed by atoms with Gasteiger partial charge < -0.3 is 10.6 Å². The molecule has 5 nitrogen and oxygen atoms in total. The second kappa shape index (κ2) is 7.48. The van der Waals surface area contributed by atoms with E-state index in [1.165, 1.54) is 0 Å². The summed E-state index contributed by atoms with van der Waals surface area (Å²) >= 11 is 12.1. The molecule has 1 aromatic carbocycles. The molecule has 0 bridgehead atoms. The highest BCUT2D eigenvalue weighted by molar-refractivity contribution is 6.42. The second-order valence-electron chi connectivity index (χ2n) is 6.83. The van der Waals surface area contributed by atoms with Gasteiger partial charge in [0.15, 0.2) is 0 Å². The molecule has 134 valence electrons. The molecule has 2 aromatic heterocycles. The average Bonchev–Trinajstić information content (AvgIpc) is 2.57. The standard InChI is InChI=1S/C19H19Cl2N5/c1-19(2,3)26-18-24-16(12-6-8-22-9-7-12)11-17(25-18)23-13-4-5-14(20)15(21)10-13/h4-11H,1-3H3,(H2,23,24,25,26). The largest absolute Gasteiger partial charge is 0.350 e. The molecule has 0 fully saturated rings. The van der Waals surface area contributed by atoms with Crippen molar-refractivity contribution in [2.75, 3.05) is 10.6 Å². The lowest BCUT2D eigenvalue weighted by molar-refractivity contribution is 0.626. The van der Waals surface area contributed by atoms with Crippen LogP contribution in [0.15, 0.2) is 48.8 Å². The number of benzene rings is 1. The van der Waals surface area contributed by atoms with Crippen LogP contribution >= 0.6 is 23.2 Å². The number of hydrogen-bond acceptors (Lipinski definition) is 5. The van der Waals surface area contributed by atoms with Crippen LogP contribution in [0.2, 0.25) is 10.0 Å². The molecule has 0 aliphatic rings. The SMILES string of the molecule is CC(C)(C)Nc1nc(Nc2ccc(Cl)c(Cl)c2)cc(-c2ccncc2)n1. The van der Waals surface area contributed by atoms with Gasteiger partial charge in [0.2, 0.25) is 5.95 Å². The first-order chi connectivity index (χ1) is 12.3. The van der Waals surface area contributed by atoms with Crippen molar-refractivity contribution in [3.8, 4) is 11.3 Å². The van der Waals surface area contributed by atoms with Gasteiger partial charge in [0.05, 0.1) is 15.7 Å². The van der Waals surface area contributed by atoms with E-state index in [0.717, 1.165) is 16.9 Å². The number of anilines is 3. The van der Waals surface area contributed by atoms with E-state index in [1.54, 1.807) is 24.5 Å². The van der Waals surface area contributed by atoms with Crippen molar-refractivity contribution in [1.29, 1.82) is 0 Å². The third kappa shape index (κ3) is 4.84. The zero-order valence-corrected chi connectivity index (χ0v) is 16.2. The Balaban J connectivity index is 2.00. The normalized spacial score (nSPS) is 11.3. The van der Waals surface area contributed by atoms with Crippen molar-refractivity contribution in [1.82, 2.24) is 15.0 Å². The summed E-state index contributed by atoms with van der Waals surface area (Å²) in [7, 11) is 0. The van der Waals surface area contributed by atoms with E-state index in [4.69, 9.17) is 23.2 Å². The maximum atomic E-state index is 6.10. The van der Waals surface area contributed by atoms with E-state index in [1.807, 2.05) is 24.3 Å². The molecule has 3 rings (SSSR count). The Morgan fingerprint density at radius 1 is 0.885 bits per heavy atom. The van der Waals surface area contributed by atoms with Crippen molar-refractivity contribution in [3.05, 3.63) is 58.8 Å². The van der Waals surface area contributed by atoms with E-state index in [9.17, 15) is 0 Å². The van der Waals surface area contributed by atoms with Gasteiger partial charge in [-0.3, -0.25) is 4.98 Å². The van der Waals surface area contributed by atoms with Gasteiger partial charge in [-0.1, -0.05) is 23.2 Å². The lowest BCUT2D eigenvalue weighted by atomic mass is 10.1. The highest BCUT2D eigenvalue weighted by Gasteiger charge is 2.14. The summed E-state index contributed by atoms with van der Waals surface area (Å²) in [6.07, 6.45) is 3.47. The third-order valence-corrected chi connectivity index (χ3v) is 4.12. The molecule has 26 heavy (non-hydrogen) atoms. The minimum absolute atomic E-state index is 0.169. The van der Waals surface area contributed by atoms with Gasteiger partial charge in [0, 0.05) is 35.2 Å². The van der Waals surface area contributed by atoms with Crippen LogP contribution in [0.3, 0.4) is 0 Å². The molecule has 3 aromatic rings. The number of halogens is 2. The van der Waals surface area contributed by atoms with Crippen LogP contribution < -0.4 is 10.6 Å². The number of rotatable bonds is 4. The fraction of sp³-hybridized carbons (Fsp3) is 0.211. The van der Waals surface area contributed by atoms with E-state index in [0.29, 0.717) is 21.8 Å². The Hall–Kier alpha value is -2.37. The highest BCUT2D eigenvalue weighted by atomic mass is 35.5. The van der Waals surface area contributed by atoms with Gasteiger partial charge in [0.25, 0.3) is 0 Å². The van der Waals surface area contributed by atoms with Gasteiger partial charge >= 0.3 is 0 Å². The van der Waals surface area contributed by atoms with Crippen LogP contribution in [-0.4, -0.2) is 20.5 Å². The molecule has 0 aliphatic carbocycles. The van der Waals surface area contributed by atoms with Crippen LogP contribution in [0.4, 0.5) is 17.5 Å². The number of nitrogens with one attached hydrogen (secondary N) is 2. The Kier molecular flexibility index (Phi) is 5.30. The fourth-order valence-electron chi connectivity index (χ4n) is 2.29. The highest BCUT2D eigenvalue weighted by Crippen LogP contribution is 2.28. The summed E-state index contributed by atoms with van der Waals surface area (Å²) in [6.45, 7) is 6.17. The zero-order valence-electron chi connectivity index (χ0n) is 14.7. The lowest BCUT2D eigenvalue weighted by Gasteiger charge is -2.21. The number of hydrogen-bond donors (Lipinski definition) is 2. The fourth-order valence-corrected chi connectivity index (χ4v) is 2.59. The van der Waals surface area contributed by atoms with E-state index in [-0.39, 0.29) is 5.54 Å². The average molecular weight is 388 g/mol. The maximum Gasteiger partial charge on any atom is 0.225 e. The summed E-state index contributed by atoms with van der Waals surface area (Å²) in [5, 5.41) is 7.56. The summed E-state index contributed by atoms with van der Waals surface area (Å²) in [5.74, 6) is 1.19. The van der Waals surface area contributed by atoms with Crippen molar-refractivity contribution >= 4 is 40.7 Å². The second-order valence-corrected chi connectivity index (χ2v) is 7.64. The number of nitrogens with zero attached hydrogens (tertiary/aromatic N) is 3. The molecule has 0 atom stereocenters. The van der Waals surface area contributed by atoms with Crippen molar-refractivity contribution < 1.29 is 0 Å². The first-order valence-electron chi connectivity index (χ1n) is 8.10. The molecule has 2 N–H and O–H groups in total. The van der Waals surface area contributed by atoms with Gasteiger partial charge in [-0.05, 0) is 51.1 Å². The summed E-state index contributed by atoms with van der Waals surface area (Å²) in [5.41, 5.74) is 2.37. The Morgan fingerprint density at radius 3 is 2.27 bits per heavy atom. The van der Waals surface area contributed by atoms with Gasteiger partial charge in [0.1, 0.15) is 5.82 Å². The quantitative estimate of drug-likeness (QED) is 0.592. The molecule has 7 heteroatoms. The van der Waals surface area contributed by atoms with E-state index >= 15 is 0 Å². The number of pyridine rings is 1. The molecule has 0 aliphatic heterocycles. The third-order valence-electron chi connectivity index (χ3n) is 3.38. The topological polar surface area (TPSA) is 62.7 Å². The van der Waals surface area contributed by atoms with Crippen LogP contribution in [0.5, 0.6) is 0 Å². The minimum Gasteiger partial charge on any atom is -0.350 e. The molecular formula is C19H19Cl2N5. The first-order valence-corrected chi connectivity index (χ1v) is 8.85. The molecule has 0 radical (unpaired) electrons. The van der Waals surface area contributed by atoms with E-state index < -0.39 is 0 Å². The molecular weight excluding hydrogens is 369 g/mol. The summed E-state index contributed by atoms with van der Waals surface area (Å²) in [4.78, 5) is 13.3. The maximum absolute atomic E-state index is 6.10. The summed E-state index contributed by atoms with van der Waals surface area (Å²) < 4.78 is 0. The first kappa shape index (κ1) is 18.4. The molecule has 0 saturated heterocycles. The predicted molar refractivity (Wildman–Crippen MR) is 108 cm³/mol. The minimum atomic E-state index is -0.169. The Bertz CT molecular complexity index is 908. The van der Waals surface area contributed by atoms with Crippen molar-refractivity contribution in [2.45, 2.75) is 26.3 Å². The van der Waals surface area contributed by atoms with Crippen molar-refractivity contribution in [3.63, 3.8) is 0 Å². The molecule has 0 saturated carbocycles. The summed E-state index contributed by atoms with van der Waals surface area (Å²) in [6, 6.07) is 11.0. The monoisotopic (exact) mass is 387 g/mol. The Morgan fingerprint density at radius 2 is 1.62 bits per heavy atom. The van der Waals surface area contributed by atoms with Gasteiger partial charge in [-0.2, -0.15) is 4.98 Å². The van der Waals surface area contributed by atoms with Gasteiger partial charge in [-0.25, -0.2) is 4.98 Å². The molecule has 0 spiro atoms. The Labute approximate surface area is 162 Å². The van der Waals surface area contributed by atoms with Crippen LogP contribution in [0, 0.1) is 0 Å². The molecule has 0 unspecified atom stereocenters. The smallest absolute Gasteiger partial charge is 0.225 e. The number of aromatic nitrogens is 3. The van der Waals surface area contributed by atoms with Gasteiger partial charge in [-0.15, -0.1) is 0 Å². The zero-order chi connectivity index (χ0) is 18.7. The van der Waals surface area contributed by atoms with Crippen molar-refractivity contribution in [2.24, 2.45) is 0 Å². The molecule has 0 amide bonds.